The number of hydrogen-bond donors (Lipinski definition) is 2. The number of furan rings is 1. The van der Waals surface area contributed by atoms with Gasteiger partial charge in [-0.05, 0) is 36.1 Å². The molecule has 7 nitrogen and oxygen atoms in total. The first-order valence-corrected chi connectivity index (χ1v) is 11.1. The van der Waals surface area contributed by atoms with Gasteiger partial charge in [-0.3, -0.25) is 10.1 Å². The number of nitrogens with zero attached hydrogens (tertiary/aromatic N) is 2. The van der Waals surface area contributed by atoms with E-state index in [-0.39, 0.29) is 5.75 Å². The number of amides is 3. The molecular weight excluding hydrogens is 420 g/mol. The van der Waals surface area contributed by atoms with E-state index in [1.54, 1.807) is 29.7 Å². The Morgan fingerprint density at radius 2 is 1.97 bits per heavy atom. The van der Waals surface area contributed by atoms with Crippen LogP contribution in [0.3, 0.4) is 0 Å². The van der Waals surface area contributed by atoms with Crippen LogP contribution in [0.25, 0.3) is 22.5 Å². The van der Waals surface area contributed by atoms with Crippen molar-refractivity contribution in [1.82, 2.24) is 20.6 Å². The number of urea groups is 1. The van der Waals surface area contributed by atoms with Crippen LogP contribution >= 0.6 is 23.1 Å². The minimum Gasteiger partial charge on any atom is -0.461 e. The molecule has 1 aromatic carbocycles. The van der Waals surface area contributed by atoms with Gasteiger partial charge in [-0.15, -0.1) is 11.3 Å². The molecule has 0 saturated carbocycles. The number of para-hydroxylation sites is 1. The van der Waals surface area contributed by atoms with E-state index in [1.807, 2.05) is 41.8 Å². The zero-order valence-corrected chi connectivity index (χ0v) is 17.5. The Morgan fingerprint density at radius 1 is 1.07 bits per heavy atom. The number of hydrogen-bond acceptors (Lipinski definition) is 7. The Morgan fingerprint density at radius 3 is 2.77 bits per heavy atom. The van der Waals surface area contributed by atoms with Crippen molar-refractivity contribution in [1.29, 1.82) is 0 Å². The van der Waals surface area contributed by atoms with Gasteiger partial charge in [0.25, 0.3) is 0 Å². The average Bonchev–Trinajstić information content (AvgIpc) is 3.46. The average molecular weight is 439 g/mol. The number of thiophene rings is 1. The third-order valence-corrected chi connectivity index (χ3v) is 6.07. The van der Waals surface area contributed by atoms with E-state index in [0.29, 0.717) is 23.2 Å². The molecule has 4 aromatic rings. The van der Waals surface area contributed by atoms with E-state index in [0.717, 1.165) is 17.3 Å². The predicted molar refractivity (Wildman–Crippen MR) is 118 cm³/mol. The van der Waals surface area contributed by atoms with Gasteiger partial charge in [0.15, 0.2) is 11.6 Å². The third kappa shape index (κ3) is 5.05. The molecule has 30 heavy (non-hydrogen) atoms. The molecule has 9 heteroatoms. The summed E-state index contributed by atoms with van der Waals surface area (Å²) >= 11 is 2.88. The molecule has 0 aliphatic heterocycles. The fraction of sp³-hybridized carbons (Fsp3) is 0.143. The third-order valence-electron chi connectivity index (χ3n) is 4.14. The number of carbonyl (C=O) groups is 2. The molecule has 0 aliphatic carbocycles. The first-order chi connectivity index (χ1) is 14.7. The summed E-state index contributed by atoms with van der Waals surface area (Å²) in [7, 11) is 0. The molecule has 0 aliphatic rings. The second kappa shape index (κ2) is 9.55. The molecule has 0 fully saturated rings. The van der Waals surface area contributed by atoms with E-state index in [4.69, 9.17) is 4.42 Å². The van der Waals surface area contributed by atoms with Crippen LogP contribution in [0.4, 0.5) is 4.79 Å². The maximum absolute atomic E-state index is 12.2. The van der Waals surface area contributed by atoms with Crippen molar-refractivity contribution in [2.75, 3.05) is 12.3 Å². The van der Waals surface area contributed by atoms with Gasteiger partial charge in [-0.2, -0.15) is 0 Å². The van der Waals surface area contributed by atoms with Crippen LogP contribution in [0.5, 0.6) is 0 Å². The second-order valence-corrected chi connectivity index (χ2v) is 8.27. The standard InChI is InChI=1S/C21H18N4O3S2/c26-18(24-21(27)22-10-9-14-5-4-12-29-14)13-30-20-15-6-1-2-7-16(15)23-19(25-20)17-8-3-11-28-17/h1-8,11-12H,9-10,13H2,(H2,22,24,26,27). The van der Waals surface area contributed by atoms with Crippen molar-refractivity contribution in [2.24, 2.45) is 0 Å². The highest BCUT2D eigenvalue weighted by Gasteiger charge is 2.14. The van der Waals surface area contributed by atoms with Crippen molar-refractivity contribution in [3.05, 3.63) is 65.1 Å². The Balaban J connectivity index is 1.36. The van der Waals surface area contributed by atoms with Crippen molar-refractivity contribution in [3.8, 4) is 11.6 Å². The van der Waals surface area contributed by atoms with E-state index in [2.05, 4.69) is 20.6 Å². The lowest BCUT2D eigenvalue weighted by atomic mass is 10.2. The molecule has 0 atom stereocenters. The topological polar surface area (TPSA) is 97.1 Å². The molecule has 3 heterocycles. The van der Waals surface area contributed by atoms with Gasteiger partial charge in [0.05, 0.1) is 17.5 Å². The van der Waals surface area contributed by atoms with Gasteiger partial charge >= 0.3 is 6.03 Å². The number of aromatic nitrogens is 2. The van der Waals surface area contributed by atoms with Crippen LogP contribution in [0.2, 0.25) is 0 Å². The Bertz CT molecular complexity index is 1140. The summed E-state index contributed by atoms with van der Waals surface area (Å²) in [6, 6.07) is 14.6. The highest BCUT2D eigenvalue weighted by Crippen LogP contribution is 2.28. The number of nitrogens with one attached hydrogen (secondary N) is 2. The monoisotopic (exact) mass is 438 g/mol. The number of benzene rings is 1. The first kappa shape index (κ1) is 20.1. The minimum atomic E-state index is -0.499. The molecule has 0 radical (unpaired) electrons. The quantitative estimate of drug-likeness (QED) is 0.333. The van der Waals surface area contributed by atoms with Gasteiger partial charge in [0.1, 0.15) is 5.03 Å². The van der Waals surface area contributed by atoms with E-state index < -0.39 is 11.9 Å². The van der Waals surface area contributed by atoms with E-state index in [9.17, 15) is 9.59 Å². The van der Waals surface area contributed by atoms with E-state index in [1.165, 1.54) is 16.6 Å². The lowest BCUT2D eigenvalue weighted by Gasteiger charge is -2.08. The predicted octanol–water partition coefficient (Wildman–Crippen LogP) is 4.11. The van der Waals surface area contributed by atoms with Gasteiger partial charge in [-0.25, -0.2) is 14.8 Å². The molecule has 0 bridgehead atoms. The molecular formula is C21H18N4O3S2. The first-order valence-electron chi connectivity index (χ1n) is 9.22. The zero-order valence-electron chi connectivity index (χ0n) is 15.8. The van der Waals surface area contributed by atoms with Crippen LogP contribution < -0.4 is 10.6 Å². The summed E-state index contributed by atoms with van der Waals surface area (Å²) in [6.45, 7) is 0.468. The number of carbonyl (C=O) groups excluding carboxylic acids is 2. The van der Waals surface area contributed by atoms with Crippen LogP contribution in [0, 0.1) is 0 Å². The Labute approximate surface area is 180 Å². The number of rotatable bonds is 7. The van der Waals surface area contributed by atoms with Crippen LogP contribution in [0.1, 0.15) is 4.88 Å². The van der Waals surface area contributed by atoms with Gasteiger partial charge < -0.3 is 9.73 Å². The second-order valence-electron chi connectivity index (χ2n) is 6.27. The van der Waals surface area contributed by atoms with Crippen LogP contribution in [0.15, 0.2) is 69.6 Å². The molecule has 0 saturated heterocycles. The molecule has 0 unspecified atom stereocenters. The Kier molecular flexibility index (Phi) is 6.41. The maximum Gasteiger partial charge on any atom is 0.321 e. The summed E-state index contributed by atoms with van der Waals surface area (Å²) in [5.41, 5.74) is 0.758. The molecule has 4 rings (SSSR count). The molecule has 2 N–H and O–H groups in total. The van der Waals surface area contributed by atoms with Crippen molar-refractivity contribution in [3.63, 3.8) is 0 Å². The van der Waals surface area contributed by atoms with Crippen molar-refractivity contribution < 1.29 is 14.0 Å². The van der Waals surface area contributed by atoms with Crippen LogP contribution in [-0.4, -0.2) is 34.2 Å². The SMILES string of the molecule is O=C(CSc1nc(-c2ccco2)nc2ccccc12)NC(=O)NCCc1cccs1. The van der Waals surface area contributed by atoms with Crippen molar-refractivity contribution >= 4 is 45.9 Å². The molecule has 152 valence electrons. The lowest BCUT2D eigenvalue weighted by Crippen LogP contribution is -2.41. The number of imide groups is 1. The van der Waals surface area contributed by atoms with Gasteiger partial charge in [-0.1, -0.05) is 36.0 Å². The fourth-order valence-electron chi connectivity index (χ4n) is 2.77. The summed E-state index contributed by atoms with van der Waals surface area (Å²) in [5, 5.41) is 8.53. The van der Waals surface area contributed by atoms with Gasteiger partial charge in [0, 0.05) is 16.8 Å². The summed E-state index contributed by atoms with van der Waals surface area (Å²) in [4.78, 5) is 34.4. The highest BCUT2D eigenvalue weighted by molar-refractivity contribution is 8.00. The largest absolute Gasteiger partial charge is 0.461 e. The van der Waals surface area contributed by atoms with E-state index >= 15 is 0 Å². The normalized spacial score (nSPS) is 10.8. The maximum atomic E-state index is 12.2. The zero-order chi connectivity index (χ0) is 20.8. The fourth-order valence-corrected chi connectivity index (χ4v) is 4.30. The lowest BCUT2D eigenvalue weighted by molar-refractivity contribution is -0.117. The summed E-state index contributed by atoms with van der Waals surface area (Å²) in [5.74, 6) is 0.665. The number of fused-ring (bicyclic) bond motifs is 1. The van der Waals surface area contributed by atoms with Crippen molar-refractivity contribution in [2.45, 2.75) is 11.4 Å². The summed E-state index contributed by atoms with van der Waals surface area (Å²) in [6.07, 6.45) is 2.29. The minimum absolute atomic E-state index is 0.0525. The highest BCUT2D eigenvalue weighted by atomic mass is 32.2. The molecule has 3 aromatic heterocycles. The number of thioether (sulfide) groups is 1. The Hall–Kier alpha value is -3.17. The molecule has 3 amide bonds. The summed E-state index contributed by atoms with van der Waals surface area (Å²) < 4.78 is 5.40. The smallest absolute Gasteiger partial charge is 0.321 e. The molecule has 0 spiro atoms. The van der Waals surface area contributed by atoms with Gasteiger partial charge in [0.2, 0.25) is 5.91 Å². The van der Waals surface area contributed by atoms with Crippen LogP contribution in [-0.2, 0) is 11.2 Å².